The van der Waals surface area contributed by atoms with Crippen molar-refractivity contribution < 1.29 is 19.4 Å². The zero-order valence-corrected chi connectivity index (χ0v) is 9.16. The average Bonchev–Trinajstić information content (AvgIpc) is 2.02. The second-order valence-electron chi connectivity index (χ2n) is 3.34. The first-order valence-electron chi connectivity index (χ1n) is 5.05. The monoisotopic (exact) mass is 204 g/mol. The molecule has 0 fully saturated rings. The number of carboxylic acids is 1. The zero-order chi connectivity index (χ0) is 11.0. The maximum absolute atomic E-state index is 10.3. The Kier molecular flexibility index (Phi) is 7.42. The predicted octanol–water partition coefficient (Wildman–Crippen LogP) is 2.03. The van der Waals surface area contributed by atoms with Gasteiger partial charge >= 0.3 is 5.97 Å². The molecule has 14 heavy (non-hydrogen) atoms. The normalized spacial score (nSPS) is 15.1. The van der Waals surface area contributed by atoms with Gasteiger partial charge in [-0.3, -0.25) is 4.79 Å². The molecule has 0 aromatic carbocycles. The van der Waals surface area contributed by atoms with Gasteiger partial charge in [0, 0.05) is 6.61 Å². The van der Waals surface area contributed by atoms with Crippen molar-refractivity contribution in [3.05, 3.63) is 0 Å². The Morgan fingerprint density at radius 2 is 2.07 bits per heavy atom. The van der Waals surface area contributed by atoms with Gasteiger partial charge in [0.1, 0.15) is 0 Å². The van der Waals surface area contributed by atoms with Crippen molar-refractivity contribution in [3.63, 3.8) is 0 Å². The molecule has 0 aliphatic rings. The van der Waals surface area contributed by atoms with Crippen LogP contribution in [0.5, 0.6) is 0 Å². The standard InChI is InChI=1S/C10H20O4/c1-4-5-6-13-9(3)14-8(2)7-10(11)12/h8-9H,4-7H2,1-3H3,(H,11,12). The molecule has 4 heteroatoms. The van der Waals surface area contributed by atoms with E-state index in [1.807, 2.05) is 0 Å². The van der Waals surface area contributed by atoms with Crippen LogP contribution in [0.15, 0.2) is 0 Å². The molecule has 0 rings (SSSR count). The minimum atomic E-state index is -0.849. The molecule has 0 saturated heterocycles. The van der Waals surface area contributed by atoms with Gasteiger partial charge in [0.05, 0.1) is 12.5 Å². The minimum Gasteiger partial charge on any atom is -0.481 e. The van der Waals surface area contributed by atoms with Crippen molar-refractivity contribution >= 4 is 5.97 Å². The van der Waals surface area contributed by atoms with Gasteiger partial charge in [-0.15, -0.1) is 0 Å². The van der Waals surface area contributed by atoms with Crippen molar-refractivity contribution in [1.29, 1.82) is 0 Å². The molecule has 0 radical (unpaired) electrons. The Bertz CT molecular complexity index is 158. The summed E-state index contributed by atoms with van der Waals surface area (Å²) in [5.74, 6) is -0.849. The quantitative estimate of drug-likeness (QED) is 0.485. The van der Waals surface area contributed by atoms with E-state index in [4.69, 9.17) is 14.6 Å². The molecule has 0 saturated carbocycles. The van der Waals surface area contributed by atoms with Crippen molar-refractivity contribution in [3.8, 4) is 0 Å². The number of rotatable bonds is 8. The van der Waals surface area contributed by atoms with E-state index in [0.29, 0.717) is 6.61 Å². The fraction of sp³-hybridized carbons (Fsp3) is 0.900. The summed E-state index contributed by atoms with van der Waals surface area (Å²) in [5, 5.41) is 8.49. The maximum atomic E-state index is 10.3. The third-order valence-corrected chi connectivity index (χ3v) is 1.74. The van der Waals surface area contributed by atoms with Gasteiger partial charge in [-0.05, 0) is 20.3 Å². The molecular formula is C10H20O4. The molecule has 0 amide bonds. The second-order valence-corrected chi connectivity index (χ2v) is 3.34. The van der Waals surface area contributed by atoms with E-state index in [1.165, 1.54) is 0 Å². The van der Waals surface area contributed by atoms with Crippen molar-refractivity contribution in [2.75, 3.05) is 6.61 Å². The van der Waals surface area contributed by atoms with E-state index in [0.717, 1.165) is 12.8 Å². The Labute approximate surface area is 85.2 Å². The summed E-state index contributed by atoms with van der Waals surface area (Å²) in [6.45, 7) is 6.27. The third-order valence-electron chi connectivity index (χ3n) is 1.74. The van der Waals surface area contributed by atoms with E-state index < -0.39 is 5.97 Å². The summed E-state index contributed by atoms with van der Waals surface area (Å²) in [6.07, 6.45) is 1.47. The minimum absolute atomic E-state index is 0.0154. The fourth-order valence-corrected chi connectivity index (χ4v) is 1.05. The van der Waals surface area contributed by atoms with Gasteiger partial charge in [-0.25, -0.2) is 0 Å². The van der Waals surface area contributed by atoms with Crippen LogP contribution in [-0.4, -0.2) is 30.1 Å². The van der Waals surface area contributed by atoms with E-state index in [1.54, 1.807) is 13.8 Å². The first-order valence-corrected chi connectivity index (χ1v) is 5.05. The largest absolute Gasteiger partial charge is 0.481 e. The van der Waals surface area contributed by atoms with Crippen molar-refractivity contribution in [1.82, 2.24) is 0 Å². The van der Waals surface area contributed by atoms with E-state index in [9.17, 15) is 4.79 Å². The molecule has 2 unspecified atom stereocenters. The highest BCUT2D eigenvalue weighted by molar-refractivity contribution is 5.67. The number of unbranched alkanes of at least 4 members (excludes halogenated alkanes) is 1. The van der Waals surface area contributed by atoms with Gasteiger partial charge in [0.25, 0.3) is 0 Å². The number of carbonyl (C=O) groups is 1. The average molecular weight is 204 g/mol. The Hall–Kier alpha value is -0.610. The highest BCUT2D eigenvalue weighted by Gasteiger charge is 2.11. The molecule has 0 spiro atoms. The number of ether oxygens (including phenoxy) is 2. The Balaban J connectivity index is 3.49. The van der Waals surface area contributed by atoms with Crippen LogP contribution in [0, 0.1) is 0 Å². The van der Waals surface area contributed by atoms with Crippen LogP contribution in [0.4, 0.5) is 0 Å². The topological polar surface area (TPSA) is 55.8 Å². The fourth-order valence-electron chi connectivity index (χ4n) is 1.05. The molecular weight excluding hydrogens is 184 g/mol. The summed E-state index contributed by atoms with van der Waals surface area (Å²) in [5.41, 5.74) is 0. The van der Waals surface area contributed by atoms with Crippen molar-refractivity contribution in [2.24, 2.45) is 0 Å². The SMILES string of the molecule is CCCCOC(C)OC(C)CC(=O)O. The lowest BCUT2D eigenvalue weighted by atomic mass is 10.3. The van der Waals surface area contributed by atoms with Gasteiger partial charge in [-0.1, -0.05) is 13.3 Å². The Morgan fingerprint density at radius 3 is 2.57 bits per heavy atom. The molecule has 0 aromatic heterocycles. The van der Waals surface area contributed by atoms with Crippen LogP contribution in [0.25, 0.3) is 0 Å². The van der Waals surface area contributed by atoms with Crippen LogP contribution in [-0.2, 0) is 14.3 Å². The summed E-state index contributed by atoms with van der Waals surface area (Å²) < 4.78 is 10.6. The first-order chi connectivity index (χ1) is 6.56. The van der Waals surface area contributed by atoms with E-state index >= 15 is 0 Å². The third kappa shape index (κ3) is 8.01. The van der Waals surface area contributed by atoms with E-state index in [-0.39, 0.29) is 18.8 Å². The van der Waals surface area contributed by atoms with Crippen LogP contribution in [0.3, 0.4) is 0 Å². The van der Waals surface area contributed by atoms with Gasteiger partial charge in [0.15, 0.2) is 6.29 Å². The van der Waals surface area contributed by atoms with Gasteiger partial charge < -0.3 is 14.6 Å². The predicted molar refractivity (Wildman–Crippen MR) is 53.1 cm³/mol. The van der Waals surface area contributed by atoms with Crippen LogP contribution in [0.1, 0.15) is 40.0 Å². The zero-order valence-electron chi connectivity index (χ0n) is 9.16. The number of carboxylic acid groups (broad SMARTS) is 1. The summed E-state index contributed by atoms with van der Waals surface area (Å²) in [6, 6.07) is 0. The van der Waals surface area contributed by atoms with Crippen molar-refractivity contribution in [2.45, 2.75) is 52.4 Å². The lowest BCUT2D eigenvalue weighted by Gasteiger charge is -2.18. The molecule has 4 nitrogen and oxygen atoms in total. The molecule has 0 heterocycles. The number of hydrogen-bond donors (Lipinski definition) is 1. The van der Waals surface area contributed by atoms with Crippen LogP contribution >= 0.6 is 0 Å². The highest BCUT2D eigenvalue weighted by atomic mass is 16.7. The molecule has 0 aromatic rings. The first kappa shape index (κ1) is 13.4. The summed E-state index contributed by atoms with van der Waals surface area (Å²) in [7, 11) is 0. The molecule has 0 aliphatic carbocycles. The van der Waals surface area contributed by atoms with Gasteiger partial charge in [0.2, 0.25) is 0 Å². The molecule has 0 bridgehead atoms. The number of aliphatic carboxylic acids is 1. The van der Waals surface area contributed by atoms with Crippen LogP contribution in [0.2, 0.25) is 0 Å². The van der Waals surface area contributed by atoms with Gasteiger partial charge in [-0.2, -0.15) is 0 Å². The summed E-state index contributed by atoms with van der Waals surface area (Å²) in [4.78, 5) is 10.3. The number of hydrogen-bond acceptors (Lipinski definition) is 3. The smallest absolute Gasteiger partial charge is 0.305 e. The lowest BCUT2D eigenvalue weighted by Crippen LogP contribution is -2.22. The second kappa shape index (κ2) is 7.76. The Morgan fingerprint density at radius 1 is 1.43 bits per heavy atom. The molecule has 2 atom stereocenters. The summed E-state index contributed by atoms with van der Waals surface area (Å²) >= 11 is 0. The van der Waals surface area contributed by atoms with E-state index in [2.05, 4.69) is 6.92 Å². The molecule has 1 N–H and O–H groups in total. The maximum Gasteiger partial charge on any atom is 0.305 e. The highest BCUT2D eigenvalue weighted by Crippen LogP contribution is 2.04. The van der Waals surface area contributed by atoms with Crippen LogP contribution < -0.4 is 0 Å². The lowest BCUT2D eigenvalue weighted by molar-refractivity contribution is -0.165. The molecule has 84 valence electrons. The molecule has 0 aliphatic heterocycles.